The zero-order valence-electron chi connectivity index (χ0n) is 10.6. The van der Waals surface area contributed by atoms with Gasteiger partial charge in [0.2, 0.25) is 5.82 Å². The molecule has 0 bridgehead atoms. The molecule has 0 saturated heterocycles. The van der Waals surface area contributed by atoms with E-state index in [2.05, 4.69) is 15.6 Å². The van der Waals surface area contributed by atoms with E-state index in [0.29, 0.717) is 12.4 Å². The number of ether oxygens (including phenoxy) is 1. The number of hydrogen-bond donors (Lipinski definition) is 0. The largest absolute Gasteiger partial charge is 0.460 e. The van der Waals surface area contributed by atoms with Gasteiger partial charge < -0.3 is 4.74 Å². The van der Waals surface area contributed by atoms with Gasteiger partial charge in [-0.1, -0.05) is 0 Å². The summed E-state index contributed by atoms with van der Waals surface area (Å²) in [5.74, 6) is 0.532. The minimum atomic E-state index is -0.430. The summed E-state index contributed by atoms with van der Waals surface area (Å²) in [5, 5.41) is 11.9. The fourth-order valence-electron chi connectivity index (χ4n) is 1.83. The van der Waals surface area contributed by atoms with Crippen molar-refractivity contribution in [1.82, 2.24) is 14.8 Å². The molecule has 6 heteroatoms. The molecule has 2 rings (SSSR count). The zero-order chi connectivity index (χ0) is 13.1. The molecule has 0 fully saturated rings. The van der Waals surface area contributed by atoms with E-state index in [0.717, 1.165) is 5.56 Å². The topological polar surface area (TPSA) is 57.0 Å². The fraction of sp³-hybridized carbons (Fsp3) is 0.417. The van der Waals surface area contributed by atoms with Gasteiger partial charge >= 0.3 is 5.97 Å². The number of nitrogens with zero attached hydrogens (tertiary/aromatic N) is 3. The smallest absolute Gasteiger partial charge is 0.376 e. The van der Waals surface area contributed by atoms with E-state index in [4.69, 9.17) is 4.74 Å². The van der Waals surface area contributed by atoms with Crippen LogP contribution in [0.2, 0.25) is 0 Å². The van der Waals surface area contributed by atoms with Crippen LogP contribution in [0.25, 0.3) is 0 Å². The highest BCUT2D eigenvalue weighted by Crippen LogP contribution is 2.23. The molecular weight excluding hydrogens is 250 g/mol. The summed E-state index contributed by atoms with van der Waals surface area (Å²) in [5.41, 5.74) is 1.13. The average molecular weight is 265 g/mol. The summed E-state index contributed by atoms with van der Waals surface area (Å²) in [6.07, 6.45) is 0. The Morgan fingerprint density at radius 2 is 2.33 bits per heavy atom. The lowest BCUT2D eigenvalue weighted by molar-refractivity contribution is 0.0504. The van der Waals surface area contributed by atoms with Crippen LogP contribution in [0.5, 0.6) is 0 Å². The van der Waals surface area contributed by atoms with E-state index >= 15 is 0 Å². The highest BCUT2D eigenvalue weighted by atomic mass is 32.1. The Labute approximate surface area is 109 Å². The van der Waals surface area contributed by atoms with Gasteiger partial charge in [-0.15, -0.1) is 10.2 Å². The number of rotatable bonds is 4. The number of aromatic nitrogens is 3. The monoisotopic (exact) mass is 265 g/mol. The molecule has 0 aliphatic rings. The second-order valence-corrected chi connectivity index (χ2v) is 4.67. The summed E-state index contributed by atoms with van der Waals surface area (Å²) >= 11 is 1.63. The van der Waals surface area contributed by atoms with Gasteiger partial charge in [0.1, 0.15) is 5.82 Å². The van der Waals surface area contributed by atoms with Crippen LogP contribution in [0.3, 0.4) is 0 Å². The Morgan fingerprint density at radius 1 is 1.56 bits per heavy atom. The third-order valence-electron chi connectivity index (χ3n) is 2.74. The van der Waals surface area contributed by atoms with Gasteiger partial charge in [0.25, 0.3) is 0 Å². The summed E-state index contributed by atoms with van der Waals surface area (Å²) in [4.78, 5) is 11.8. The number of carbonyl (C=O) groups is 1. The lowest BCUT2D eigenvalue weighted by Gasteiger charge is -2.15. The van der Waals surface area contributed by atoms with Crippen molar-refractivity contribution in [2.75, 3.05) is 6.61 Å². The predicted octanol–water partition coefficient (Wildman–Crippen LogP) is 2.43. The van der Waals surface area contributed by atoms with Crippen molar-refractivity contribution in [3.05, 3.63) is 34.0 Å². The van der Waals surface area contributed by atoms with Gasteiger partial charge in [-0.05, 0) is 43.2 Å². The Kier molecular flexibility index (Phi) is 3.76. The zero-order valence-corrected chi connectivity index (χ0v) is 11.4. The summed E-state index contributed by atoms with van der Waals surface area (Å²) in [6, 6.07) is 2.05. The molecule has 2 aromatic rings. The molecule has 0 aliphatic heterocycles. The lowest BCUT2D eigenvalue weighted by atomic mass is 10.2. The molecule has 0 N–H and O–H groups in total. The second-order valence-electron chi connectivity index (χ2n) is 3.89. The van der Waals surface area contributed by atoms with E-state index in [1.165, 1.54) is 0 Å². The summed E-state index contributed by atoms with van der Waals surface area (Å²) < 4.78 is 6.80. The second kappa shape index (κ2) is 5.30. The number of esters is 1. The van der Waals surface area contributed by atoms with E-state index in [1.807, 2.05) is 25.3 Å². The van der Waals surface area contributed by atoms with Crippen molar-refractivity contribution in [2.24, 2.45) is 0 Å². The molecule has 1 unspecified atom stereocenters. The molecular formula is C12H15N3O2S. The van der Waals surface area contributed by atoms with Gasteiger partial charge in [0.15, 0.2) is 0 Å². The third-order valence-corrected chi connectivity index (χ3v) is 3.44. The van der Waals surface area contributed by atoms with E-state index < -0.39 is 5.97 Å². The molecule has 5 nitrogen and oxygen atoms in total. The van der Waals surface area contributed by atoms with Gasteiger partial charge in [-0.3, -0.25) is 4.57 Å². The number of carbonyl (C=O) groups excluding carboxylic acids is 1. The first-order valence-corrected chi connectivity index (χ1v) is 6.70. The average Bonchev–Trinajstić information content (AvgIpc) is 2.97. The SMILES string of the molecule is CCOC(=O)c1nnc(C)n1C(C)c1ccsc1. The Morgan fingerprint density at radius 3 is 2.94 bits per heavy atom. The van der Waals surface area contributed by atoms with Crippen LogP contribution in [0, 0.1) is 6.92 Å². The molecule has 96 valence electrons. The Hall–Kier alpha value is -1.69. The molecule has 2 aromatic heterocycles. The van der Waals surface area contributed by atoms with Crippen molar-refractivity contribution >= 4 is 17.3 Å². The van der Waals surface area contributed by atoms with Crippen molar-refractivity contribution in [3.8, 4) is 0 Å². The first-order valence-electron chi connectivity index (χ1n) is 5.75. The maximum atomic E-state index is 11.8. The normalized spacial score (nSPS) is 12.4. The number of thiophene rings is 1. The predicted molar refractivity (Wildman–Crippen MR) is 68.8 cm³/mol. The van der Waals surface area contributed by atoms with Crippen LogP contribution in [-0.2, 0) is 4.74 Å². The van der Waals surface area contributed by atoms with Crippen molar-refractivity contribution < 1.29 is 9.53 Å². The van der Waals surface area contributed by atoms with Gasteiger partial charge in [-0.2, -0.15) is 11.3 Å². The molecule has 0 amide bonds. The molecule has 1 atom stereocenters. The molecule has 0 spiro atoms. The fourth-order valence-corrected chi connectivity index (χ4v) is 2.58. The van der Waals surface area contributed by atoms with Crippen LogP contribution >= 0.6 is 11.3 Å². The lowest BCUT2D eigenvalue weighted by Crippen LogP contribution is -2.17. The van der Waals surface area contributed by atoms with Crippen LogP contribution in [0.1, 0.15) is 41.9 Å². The number of aryl methyl sites for hydroxylation is 1. The maximum absolute atomic E-state index is 11.8. The van der Waals surface area contributed by atoms with E-state index in [-0.39, 0.29) is 11.9 Å². The highest BCUT2D eigenvalue weighted by Gasteiger charge is 2.22. The third kappa shape index (κ3) is 2.28. The molecule has 2 heterocycles. The molecule has 0 saturated carbocycles. The minimum absolute atomic E-state index is 0.0191. The van der Waals surface area contributed by atoms with Gasteiger partial charge in [0, 0.05) is 0 Å². The molecule has 0 radical (unpaired) electrons. The maximum Gasteiger partial charge on any atom is 0.376 e. The minimum Gasteiger partial charge on any atom is -0.460 e. The molecule has 0 aliphatic carbocycles. The van der Waals surface area contributed by atoms with Crippen molar-refractivity contribution in [2.45, 2.75) is 26.8 Å². The van der Waals surface area contributed by atoms with Crippen LogP contribution in [0.15, 0.2) is 16.8 Å². The van der Waals surface area contributed by atoms with Gasteiger partial charge in [-0.25, -0.2) is 4.79 Å². The van der Waals surface area contributed by atoms with Gasteiger partial charge in [0.05, 0.1) is 12.6 Å². The van der Waals surface area contributed by atoms with E-state index in [1.54, 1.807) is 22.8 Å². The Bertz CT molecular complexity index is 534. The van der Waals surface area contributed by atoms with Crippen LogP contribution in [0.4, 0.5) is 0 Å². The standard InChI is InChI=1S/C12H15N3O2S/c1-4-17-12(16)11-14-13-9(3)15(11)8(2)10-5-6-18-7-10/h5-8H,4H2,1-3H3. The van der Waals surface area contributed by atoms with Crippen LogP contribution in [-0.4, -0.2) is 27.3 Å². The Balaban J connectivity index is 2.38. The first kappa shape index (κ1) is 12.8. The molecule has 0 aromatic carbocycles. The van der Waals surface area contributed by atoms with Crippen molar-refractivity contribution in [1.29, 1.82) is 0 Å². The quantitative estimate of drug-likeness (QED) is 0.797. The first-order chi connectivity index (χ1) is 8.65. The molecule has 18 heavy (non-hydrogen) atoms. The number of hydrogen-bond acceptors (Lipinski definition) is 5. The van der Waals surface area contributed by atoms with Crippen LogP contribution < -0.4 is 0 Å². The van der Waals surface area contributed by atoms with E-state index in [9.17, 15) is 4.79 Å². The summed E-state index contributed by atoms with van der Waals surface area (Å²) in [6.45, 7) is 5.95. The van der Waals surface area contributed by atoms with Crippen molar-refractivity contribution in [3.63, 3.8) is 0 Å². The summed E-state index contributed by atoms with van der Waals surface area (Å²) in [7, 11) is 0. The highest BCUT2D eigenvalue weighted by molar-refractivity contribution is 7.07.